The first kappa shape index (κ1) is 35.9. The number of anilines is 1. The number of aromatic nitrogens is 4. The Labute approximate surface area is 329 Å². The number of benzene rings is 2. The van der Waals surface area contributed by atoms with Gasteiger partial charge in [0, 0.05) is 89.6 Å². The number of fused-ring (bicyclic) bond motifs is 6. The van der Waals surface area contributed by atoms with Crippen LogP contribution in [0.1, 0.15) is 66.7 Å². The van der Waals surface area contributed by atoms with E-state index in [0.29, 0.717) is 41.2 Å². The van der Waals surface area contributed by atoms with E-state index in [0.717, 1.165) is 61.2 Å². The number of nitriles is 1. The number of halogens is 6. The maximum Gasteiger partial charge on any atom is 0.419 e. The molecule has 11 rings (SSSR count). The molecule has 6 aliphatic rings. The van der Waals surface area contributed by atoms with Crippen LogP contribution < -0.4 is 10.2 Å². The summed E-state index contributed by atoms with van der Waals surface area (Å²) in [7, 11) is 0. The minimum atomic E-state index is -4.55. The van der Waals surface area contributed by atoms with E-state index in [1.165, 1.54) is 0 Å². The van der Waals surface area contributed by atoms with E-state index >= 15 is 4.39 Å². The molecular weight excluding hydrogens is 767 g/mol. The van der Waals surface area contributed by atoms with Crippen molar-refractivity contribution < 1.29 is 22.4 Å². The van der Waals surface area contributed by atoms with Gasteiger partial charge in [-0.2, -0.15) is 18.4 Å². The summed E-state index contributed by atoms with van der Waals surface area (Å²) in [6, 6.07) is 11.1. The molecule has 7 heterocycles. The summed E-state index contributed by atoms with van der Waals surface area (Å²) in [5.41, 5.74) is 3.03. The van der Waals surface area contributed by atoms with Crippen molar-refractivity contribution in [3.8, 4) is 17.2 Å². The molecule has 1 N–H and O–H groups in total. The van der Waals surface area contributed by atoms with Gasteiger partial charge in [-0.05, 0) is 68.7 Å². The van der Waals surface area contributed by atoms with E-state index < -0.39 is 17.6 Å². The second-order valence-corrected chi connectivity index (χ2v) is 16.9. The predicted molar refractivity (Wildman–Crippen MR) is 204 cm³/mol. The van der Waals surface area contributed by atoms with Crippen molar-refractivity contribution in [3.63, 3.8) is 0 Å². The number of alkyl halides is 3. The largest absolute Gasteiger partial charge is 0.419 e. The van der Waals surface area contributed by atoms with Gasteiger partial charge in [0.15, 0.2) is 5.82 Å². The maximum atomic E-state index is 17.3. The molecule has 4 aliphatic heterocycles. The Balaban J connectivity index is 1.18. The summed E-state index contributed by atoms with van der Waals surface area (Å²) < 4.78 is 59.9. The number of carbonyl (C=O) groups is 1. The molecule has 2 saturated carbocycles. The van der Waals surface area contributed by atoms with E-state index in [1.807, 2.05) is 22.8 Å². The van der Waals surface area contributed by atoms with Gasteiger partial charge in [-0.3, -0.25) is 4.79 Å². The second-order valence-electron chi connectivity index (χ2n) is 16.1. The molecule has 4 saturated heterocycles. The van der Waals surface area contributed by atoms with Gasteiger partial charge in [-0.25, -0.2) is 19.3 Å². The van der Waals surface area contributed by atoms with Crippen molar-refractivity contribution in [3.05, 3.63) is 81.1 Å². The third-order valence-electron chi connectivity index (χ3n) is 12.8. The fourth-order valence-corrected chi connectivity index (χ4v) is 10.5. The van der Waals surface area contributed by atoms with Crippen molar-refractivity contribution in [1.29, 1.82) is 5.26 Å². The Morgan fingerprint density at radius 3 is 2.54 bits per heavy atom. The van der Waals surface area contributed by atoms with E-state index in [9.17, 15) is 23.2 Å². The molecule has 3 aromatic heterocycles. The normalized spacial score (nSPS) is 25.6. The lowest BCUT2D eigenvalue weighted by molar-refractivity contribution is -0.138. The average Bonchev–Trinajstić information content (AvgIpc) is 3.46. The molecule has 15 heteroatoms. The summed E-state index contributed by atoms with van der Waals surface area (Å²) in [6.45, 7) is 3.57. The summed E-state index contributed by atoms with van der Waals surface area (Å²) in [6.07, 6.45) is 0.890. The summed E-state index contributed by atoms with van der Waals surface area (Å²) in [5.74, 6) is -0.0496. The van der Waals surface area contributed by atoms with Crippen LogP contribution in [0, 0.1) is 41.8 Å². The van der Waals surface area contributed by atoms with Gasteiger partial charge >= 0.3 is 6.18 Å². The summed E-state index contributed by atoms with van der Waals surface area (Å²) in [5, 5.41) is 15.3. The number of piperidine rings is 1. The van der Waals surface area contributed by atoms with Gasteiger partial charge in [-0.1, -0.05) is 35.3 Å². The highest BCUT2D eigenvalue weighted by atomic mass is 35.5. The fourth-order valence-electron chi connectivity index (χ4n) is 10.1. The average molecular weight is 804 g/mol. The van der Waals surface area contributed by atoms with E-state index in [1.54, 1.807) is 18.2 Å². The van der Waals surface area contributed by atoms with Gasteiger partial charge in [0.05, 0.1) is 45.3 Å². The van der Waals surface area contributed by atoms with Crippen LogP contribution >= 0.6 is 23.2 Å². The number of hydrogen-bond acceptors (Lipinski definition) is 7. The lowest BCUT2D eigenvalue weighted by Crippen LogP contribution is -2.45. The molecule has 6 atom stereocenters. The Kier molecular flexibility index (Phi) is 8.33. The van der Waals surface area contributed by atoms with Crippen LogP contribution in [0.2, 0.25) is 10.0 Å². The smallest absolute Gasteiger partial charge is 0.338 e. The first-order valence-corrected chi connectivity index (χ1v) is 19.9. The number of aryl methyl sites for hydroxylation is 2. The van der Waals surface area contributed by atoms with Gasteiger partial charge in [-0.15, -0.1) is 0 Å². The highest BCUT2D eigenvalue weighted by Gasteiger charge is 2.55. The molecule has 4 bridgehead atoms. The number of hydrogen-bond donors (Lipinski definition) is 1. The molecule has 288 valence electrons. The van der Waals surface area contributed by atoms with Crippen LogP contribution in [-0.2, 0) is 17.4 Å². The molecule has 6 fully saturated rings. The number of rotatable bonds is 7. The van der Waals surface area contributed by atoms with Crippen LogP contribution in [-0.4, -0.2) is 62.0 Å². The van der Waals surface area contributed by atoms with Crippen LogP contribution in [0.25, 0.3) is 32.9 Å². The van der Waals surface area contributed by atoms with Crippen molar-refractivity contribution in [2.24, 2.45) is 17.8 Å². The number of amides is 1. The molecule has 2 aliphatic carbocycles. The van der Waals surface area contributed by atoms with Crippen LogP contribution in [0.15, 0.2) is 42.7 Å². The zero-order chi connectivity index (χ0) is 38.8. The van der Waals surface area contributed by atoms with Crippen molar-refractivity contribution >= 4 is 56.9 Å². The zero-order valence-corrected chi connectivity index (χ0v) is 31.8. The Hall–Kier alpha value is -4.51. The first-order valence-electron chi connectivity index (χ1n) is 19.1. The highest BCUT2D eigenvalue weighted by Crippen LogP contribution is 2.54. The number of pyridine rings is 1. The Morgan fingerprint density at radius 2 is 1.86 bits per heavy atom. The molecule has 9 nitrogen and oxygen atoms in total. The van der Waals surface area contributed by atoms with Gasteiger partial charge < -0.3 is 19.7 Å². The Bertz CT molecular complexity index is 2480. The minimum absolute atomic E-state index is 0.0489. The quantitative estimate of drug-likeness (QED) is 0.165. The summed E-state index contributed by atoms with van der Waals surface area (Å²) >= 11 is 13.1. The number of nitrogens with one attached hydrogen (secondary N) is 1. The van der Waals surface area contributed by atoms with Crippen LogP contribution in [0.3, 0.4) is 0 Å². The lowest BCUT2D eigenvalue weighted by atomic mass is 9.79. The van der Waals surface area contributed by atoms with E-state index in [2.05, 4.69) is 32.0 Å². The Morgan fingerprint density at radius 1 is 1.07 bits per heavy atom. The zero-order valence-electron chi connectivity index (χ0n) is 30.3. The molecular formula is C41H36Cl2F4N8O. The third kappa shape index (κ3) is 5.50. The van der Waals surface area contributed by atoms with Crippen molar-refractivity contribution in [2.45, 2.75) is 75.8 Å². The maximum absolute atomic E-state index is 17.3. The molecule has 1 amide bonds. The van der Waals surface area contributed by atoms with Crippen LogP contribution in [0.5, 0.6) is 0 Å². The first-order chi connectivity index (χ1) is 26.9. The molecule has 5 aromatic rings. The van der Waals surface area contributed by atoms with Gasteiger partial charge in [0.1, 0.15) is 5.52 Å². The standard InChI is InChI=1S/C41H36Cl2F4N8O/c1-19-27-13-31(37-23-10-25(54(37)39(56)20-7-8-20)18-53(17-23)40-50-15-24(16-51-40)41(45,46)47)55(36-22-12-30(36)49-14-22)38(27)28-11-21(4-3-9-48)32(34(44)35(28)52-19)26-5-2-6-29(42)33(26)43/h2,5-6,11,13,15-16,20,22-23,25,30,36-37,49H,3-4,7-8,10,12,14,17-18H2,1H3. The second kappa shape index (κ2) is 13.0. The fraction of sp³-hybridized carbons (Fsp3) is 0.439. The summed E-state index contributed by atoms with van der Waals surface area (Å²) in [4.78, 5) is 31.5. The number of likely N-dealkylation sites (tertiary alicyclic amines) is 1. The monoisotopic (exact) mass is 802 g/mol. The number of nitrogens with zero attached hydrogens (tertiary/aromatic N) is 7. The van der Waals surface area contributed by atoms with Crippen LogP contribution in [0.4, 0.5) is 23.5 Å². The predicted octanol–water partition coefficient (Wildman–Crippen LogP) is 8.60. The van der Waals surface area contributed by atoms with E-state index in [-0.39, 0.29) is 81.8 Å². The van der Waals surface area contributed by atoms with Crippen molar-refractivity contribution in [1.82, 2.24) is 29.7 Å². The molecule has 56 heavy (non-hydrogen) atoms. The van der Waals surface area contributed by atoms with Gasteiger partial charge in [0.2, 0.25) is 11.9 Å². The third-order valence-corrected chi connectivity index (χ3v) is 13.6. The SMILES string of the molecule is Cc1nc2c(F)c(-c3cccc(Cl)c3Cl)c(CCC#N)cc2c2c1cc(C1C3CC(CN(c4ncc(C(F)(F)F)cn4)C3)N1C(=O)C1CC1)n2C1C2CNC1C2. The molecule has 6 unspecified atom stereocenters. The molecule has 2 aromatic carbocycles. The lowest BCUT2D eigenvalue weighted by Gasteiger charge is -2.40. The molecule has 0 spiro atoms. The topological polar surface area (TPSA) is 103 Å². The van der Waals surface area contributed by atoms with Crippen molar-refractivity contribution in [2.75, 3.05) is 24.5 Å². The highest BCUT2D eigenvalue weighted by molar-refractivity contribution is 6.43. The van der Waals surface area contributed by atoms with E-state index in [4.69, 9.17) is 28.2 Å². The van der Waals surface area contributed by atoms with Gasteiger partial charge in [0.25, 0.3) is 0 Å². The number of carbonyl (C=O) groups excluding carboxylic acids is 1. The minimum Gasteiger partial charge on any atom is -0.338 e. The molecule has 0 radical (unpaired) electrons.